The van der Waals surface area contributed by atoms with E-state index in [1.165, 1.54) is 0 Å². The fourth-order valence-electron chi connectivity index (χ4n) is 3.70. The molecule has 0 aromatic rings. The van der Waals surface area contributed by atoms with Gasteiger partial charge in [0.1, 0.15) is 6.61 Å². The van der Waals surface area contributed by atoms with E-state index in [2.05, 4.69) is 17.1 Å². The number of cyclic esters (lactones) is 1. The number of rotatable bonds is 9. The van der Waals surface area contributed by atoms with Crippen molar-refractivity contribution < 1.29 is 19.1 Å². The van der Waals surface area contributed by atoms with E-state index in [0.717, 1.165) is 50.3 Å². The minimum atomic E-state index is -0.166. The molecular formula is C19H33N3O4S. The van der Waals surface area contributed by atoms with Crippen LogP contribution < -0.4 is 5.32 Å². The third-order valence-corrected chi connectivity index (χ3v) is 5.58. The Morgan fingerprint density at radius 1 is 1.30 bits per heavy atom. The van der Waals surface area contributed by atoms with Crippen LogP contribution in [0.15, 0.2) is 0 Å². The van der Waals surface area contributed by atoms with Crippen LogP contribution in [0.1, 0.15) is 58.8 Å². The molecule has 2 rings (SSSR count). The van der Waals surface area contributed by atoms with Crippen molar-refractivity contribution in [2.75, 3.05) is 32.8 Å². The standard InChI is InChI=1S/C19H33N3O4S/c1-3-5-7-16-14-26-19(24)22(16)15-9-12-21(13-10-15)18(27)20-11-6-8-17(23)25-4-2/h15-16H,3-14H2,1-2H3,(H,20,27). The molecule has 2 aliphatic rings. The second-order valence-corrected chi connectivity index (χ2v) is 7.53. The highest BCUT2D eigenvalue weighted by atomic mass is 32.1. The molecule has 2 fully saturated rings. The largest absolute Gasteiger partial charge is 0.466 e. The number of nitrogens with zero attached hydrogens (tertiary/aromatic N) is 2. The van der Waals surface area contributed by atoms with Gasteiger partial charge in [0.15, 0.2) is 5.11 Å². The van der Waals surface area contributed by atoms with E-state index in [1.54, 1.807) is 0 Å². The van der Waals surface area contributed by atoms with Gasteiger partial charge in [-0.3, -0.25) is 9.69 Å². The third-order valence-electron chi connectivity index (χ3n) is 5.18. The molecular weight excluding hydrogens is 366 g/mol. The number of amides is 1. The summed E-state index contributed by atoms with van der Waals surface area (Å²) < 4.78 is 10.2. The van der Waals surface area contributed by atoms with E-state index in [-0.39, 0.29) is 24.1 Å². The minimum absolute atomic E-state index is 0.158. The lowest BCUT2D eigenvalue weighted by Crippen LogP contribution is -2.51. The third kappa shape index (κ3) is 6.52. The first kappa shape index (κ1) is 21.7. The molecule has 1 N–H and O–H groups in total. The number of piperidine rings is 1. The topological polar surface area (TPSA) is 71.1 Å². The van der Waals surface area contributed by atoms with Crippen molar-refractivity contribution in [3.8, 4) is 0 Å². The molecule has 2 aliphatic heterocycles. The van der Waals surface area contributed by atoms with Crippen LogP contribution in [0.3, 0.4) is 0 Å². The van der Waals surface area contributed by atoms with Gasteiger partial charge in [-0.2, -0.15) is 0 Å². The van der Waals surface area contributed by atoms with Crippen molar-refractivity contribution in [1.82, 2.24) is 15.1 Å². The first-order chi connectivity index (χ1) is 13.1. The molecule has 0 aromatic heterocycles. The second-order valence-electron chi connectivity index (χ2n) is 7.14. The fourth-order valence-corrected chi connectivity index (χ4v) is 3.99. The molecule has 1 atom stereocenters. The second kappa shape index (κ2) is 11.3. The Morgan fingerprint density at radius 2 is 2.04 bits per heavy atom. The smallest absolute Gasteiger partial charge is 0.410 e. The summed E-state index contributed by atoms with van der Waals surface area (Å²) in [6, 6.07) is 0.465. The Kier molecular flexibility index (Phi) is 9.10. The number of carbonyl (C=O) groups is 2. The van der Waals surface area contributed by atoms with Crippen molar-refractivity contribution in [3.63, 3.8) is 0 Å². The van der Waals surface area contributed by atoms with Crippen LogP contribution in [0.4, 0.5) is 4.79 Å². The van der Waals surface area contributed by atoms with Crippen LogP contribution in [0, 0.1) is 0 Å². The fraction of sp³-hybridized carbons (Fsp3) is 0.842. The molecule has 0 bridgehead atoms. The van der Waals surface area contributed by atoms with Crippen molar-refractivity contribution in [2.24, 2.45) is 0 Å². The molecule has 2 heterocycles. The number of esters is 1. The number of likely N-dealkylation sites (tertiary alicyclic amines) is 1. The van der Waals surface area contributed by atoms with Crippen LogP contribution in [0.25, 0.3) is 0 Å². The monoisotopic (exact) mass is 399 g/mol. The number of unbranched alkanes of at least 4 members (excludes halogenated alkanes) is 1. The molecule has 0 radical (unpaired) electrons. The highest BCUT2D eigenvalue weighted by molar-refractivity contribution is 7.80. The van der Waals surface area contributed by atoms with Gasteiger partial charge >= 0.3 is 12.1 Å². The van der Waals surface area contributed by atoms with E-state index in [1.807, 2.05) is 11.8 Å². The zero-order valence-corrected chi connectivity index (χ0v) is 17.4. The summed E-state index contributed by atoms with van der Waals surface area (Å²) in [6.07, 6.45) is 6.03. The Labute approximate surface area is 167 Å². The average Bonchev–Trinajstić information content (AvgIpc) is 3.04. The number of nitrogens with one attached hydrogen (secondary N) is 1. The minimum Gasteiger partial charge on any atom is -0.466 e. The van der Waals surface area contributed by atoms with Crippen molar-refractivity contribution in [2.45, 2.75) is 70.9 Å². The molecule has 7 nitrogen and oxygen atoms in total. The van der Waals surface area contributed by atoms with Crippen LogP contribution in [0.5, 0.6) is 0 Å². The summed E-state index contributed by atoms with van der Waals surface area (Å²) in [7, 11) is 0. The van der Waals surface area contributed by atoms with Gasteiger partial charge in [0.2, 0.25) is 0 Å². The molecule has 1 unspecified atom stereocenters. The van der Waals surface area contributed by atoms with Crippen LogP contribution in [-0.2, 0) is 14.3 Å². The highest BCUT2D eigenvalue weighted by Gasteiger charge is 2.39. The summed E-state index contributed by atoms with van der Waals surface area (Å²) in [5.41, 5.74) is 0. The molecule has 0 spiro atoms. The lowest BCUT2D eigenvalue weighted by Gasteiger charge is -2.38. The van der Waals surface area contributed by atoms with E-state index >= 15 is 0 Å². The van der Waals surface area contributed by atoms with Gasteiger partial charge in [0.05, 0.1) is 12.6 Å². The van der Waals surface area contributed by atoms with Gasteiger partial charge < -0.3 is 19.7 Å². The Bertz CT molecular complexity index is 509. The van der Waals surface area contributed by atoms with Gasteiger partial charge in [-0.05, 0) is 44.8 Å². The number of carbonyl (C=O) groups excluding carboxylic acids is 2. The summed E-state index contributed by atoms with van der Waals surface area (Å²) in [4.78, 5) is 27.6. The van der Waals surface area contributed by atoms with Gasteiger partial charge in [-0.25, -0.2) is 4.79 Å². The molecule has 2 saturated heterocycles. The molecule has 8 heteroatoms. The van der Waals surface area contributed by atoms with Crippen LogP contribution in [0.2, 0.25) is 0 Å². The number of hydrogen-bond acceptors (Lipinski definition) is 5. The quantitative estimate of drug-likeness (QED) is 0.363. The maximum absolute atomic E-state index is 12.2. The van der Waals surface area contributed by atoms with Crippen LogP contribution >= 0.6 is 12.2 Å². The molecule has 154 valence electrons. The zero-order chi connectivity index (χ0) is 19.6. The van der Waals surface area contributed by atoms with Crippen molar-refractivity contribution in [1.29, 1.82) is 0 Å². The molecule has 0 aromatic carbocycles. The SMILES string of the molecule is CCCCC1COC(=O)N1C1CCN(C(=S)NCCCC(=O)OCC)CC1. The number of thiocarbonyl (C=S) groups is 1. The zero-order valence-electron chi connectivity index (χ0n) is 16.6. The lowest BCUT2D eigenvalue weighted by molar-refractivity contribution is -0.143. The predicted octanol–water partition coefficient (Wildman–Crippen LogP) is 2.68. The normalized spacial score (nSPS) is 20.5. The maximum Gasteiger partial charge on any atom is 0.410 e. The highest BCUT2D eigenvalue weighted by Crippen LogP contribution is 2.26. The Morgan fingerprint density at radius 3 is 2.70 bits per heavy atom. The van der Waals surface area contributed by atoms with Crippen LogP contribution in [-0.4, -0.2) is 71.9 Å². The molecule has 1 amide bonds. The lowest BCUT2D eigenvalue weighted by atomic mass is 10.0. The summed E-state index contributed by atoms with van der Waals surface area (Å²) >= 11 is 5.47. The van der Waals surface area contributed by atoms with Gasteiger partial charge in [-0.1, -0.05) is 19.8 Å². The van der Waals surface area contributed by atoms with Gasteiger partial charge in [-0.15, -0.1) is 0 Å². The number of ether oxygens (including phenoxy) is 2. The van der Waals surface area contributed by atoms with Gasteiger partial charge in [0.25, 0.3) is 0 Å². The van der Waals surface area contributed by atoms with E-state index in [4.69, 9.17) is 21.7 Å². The Hall–Kier alpha value is -1.57. The maximum atomic E-state index is 12.2. The van der Waals surface area contributed by atoms with Crippen molar-refractivity contribution >= 4 is 29.4 Å². The molecule has 0 aliphatic carbocycles. The summed E-state index contributed by atoms with van der Waals surface area (Å²) in [6.45, 7) is 7.25. The Balaban J connectivity index is 1.70. The number of hydrogen-bond donors (Lipinski definition) is 1. The van der Waals surface area contributed by atoms with E-state index < -0.39 is 0 Å². The average molecular weight is 400 g/mol. The summed E-state index contributed by atoms with van der Waals surface area (Å²) in [5, 5.41) is 3.95. The van der Waals surface area contributed by atoms with Gasteiger partial charge in [0, 0.05) is 32.1 Å². The predicted molar refractivity (Wildman–Crippen MR) is 108 cm³/mol. The molecule has 27 heavy (non-hydrogen) atoms. The first-order valence-corrected chi connectivity index (χ1v) is 10.6. The first-order valence-electron chi connectivity index (χ1n) is 10.2. The van der Waals surface area contributed by atoms with Crippen molar-refractivity contribution in [3.05, 3.63) is 0 Å². The summed E-state index contributed by atoms with van der Waals surface area (Å²) in [5.74, 6) is -0.166. The molecule has 0 saturated carbocycles. The van der Waals surface area contributed by atoms with E-state index in [0.29, 0.717) is 32.6 Å². The van der Waals surface area contributed by atoms with E-state index in [9.17, 15) is 9.59 Å².